The van der Waals surface area contributed by atoms with Crippen LogP contribution >= 0.6 is 11.6 Å². The highest BCUT2D eigenvalue weighted by Gasteiger charge is 2.83. The van der Waals surface area contributed by atoms with Crippen LogP contribution in [0.5, 0.6) is 0 Å². The highest BCUT2D eigenvalue weighted by atomic mass is 35.5. The van der Waals surface area contributed by atoms with Crippen LogP contribution in [0.2, 0.25) is 0 Å². The van der Waals surface area contributed by atoms with E-state index in [4.69, 9.17) is 16.3 Å². The summed E-state index contributed by atoms with van der Waals surface area (Å²) in [6.45, 7) is 7.73. The van der Waals surface area contributed by atoms with Gasteiger partial charge in [-0.05, 0) is 19.8 Å². The summed E-state index contributed by atoms with van der Waals surface area (Å²) >= 11 is 6.51. The molecule has 3 aliphatic rings. The predicted molar refractivity (Wildman–Crippen MR) is 74.7 cm³/mol. The number of hydrogen-bond donors (Lipinski definition) is 2. The number of aliphatic carboxylic acids is 1. The van der Waals surface area contributed by atoms with E-state index in [-0.39, 0.29) is 16.9 Å². The summed E-state index contributed by atoms with van der Waals surface area (Å²) in [6, 6.07) is 0. The lowest BCUT2D eigenvalue weighted by Crippen LogP contribution is -2.67. The smallest absolute Gasteiger partial charge is 0.310 e. The van der Waals surface area contributed by atoms with Gasteiger partial charge in [0.2, 0.25) is 0 Å². The molecule has 0 bridgehead atoms. The first-order valence-corrected chi connectivity index (χ1v) is 7.71. The van der Waals surface area contributed by atoms with Gasteiger partial charge in [0.1, 0.15) is 5.60 Å². The second-order valence-corrected chi connectivity index (χ2v) is 8.35. The largest absolute Gasteiger partial charge is 0.481 e. The molecule has 1 aliphatic heterocycles. The van der Waals surface area contributed by atoms with E-state index in [0.29, 0.717) is 12.8 Å². The van der Waals surface area contributed by atoms with Crippen LogP contribution in [0, 0.1) is 16.7 Å². The molecule has 0 aromatic rings. The normalized spacial score (nSPS) is 56.6. The molecule has 20 heavy (non-hydrogen) atoms. The van der Waals surface area contributed by atoms with E-state index in [1.807, 2.05) is 6.92 Å². The van der Waals surface area contributed by atoms with E-state index < -0.39 is 28.5 Å². The summed E-state index contributed by atoms with van der Waals surface area (Å²) in [5, 5.41) is 20.3. The van der Waals surface area contributed by atoms with Crippen molar-refractivity contribution in [3.8, 4) is 0 Å². The topological polar surface area (TPSA) is 70.1 Å². The van der Waals surface area contributed by atoms with Gasteiger partial charge in [-0.25, -0.2) is 0 Å². The number of carbonyl (C=O) groups is 1. The molecule has 2 N–H and O–H groups in total. The zero-order valence-corrected chi connectivity index (χ0v) is 13.2. The van der Waals surface area contributed by atoms with E-state index in [2.05, 4.69) is 13.8 Å². The lowest BCUT2D eigenvalue weighted by molar-refractivity contribution is -0.183. The Labute approximate surface area is 124 Å². The minimum Gasteiger partial charge on any atom is -0.481 e. The zero-order chi connectivity index (χ0) is 15.1. The summed E-state index contributed by atoms with van der Waals surface area (Å²) in [6.07, 6.45) is 1.71. The van der Waals surface area contributed by atoms with Crippen LogP contribution in [0.25, 0.3) is 0 Å². The Morgan fingerprint density at radius 2 is 1.90 bits per heavy atom. The first-order chi connectivity index (χ1) is 9.01. The molecular formula is C15H23ClO4. The van der Waals surface area contributed by atoms with Gasteiger partial charge in [-0.3, -0.25) is 4.79 Å². The van der Waals surface area contributed by atoms with Gasteiger partial charge in [0.15, 0.2) is 0 Å². The second-order valence-electron chi connectivity index (χ2n) is 7.82. The first-order valence-electron chi connectivity index (χ1n) is 7.28. The number of halogens is 1. The Bertz CT molecular complexity index is 474. The fourth-order valence-electron chi connectivity index (χ4n) is 5.46. The minimum atomic E-state index is -1.24. The van der Waals surface area contributed by atoms with Gasteiger partial charge < -0.3 is 14.9 Å². The van der Waals surface area contributed by atoms with Crippen molar-refractivity contribution in [2.24, 2.45) is 16.7 Å². The first kappa shape index (κ1) is 14.6. The monoisotopic (exact) mass is 302 g/mol. The summed E-state index contributed by atoms with van der Waals surface area (Å²) in [5.41, 5.74) is -2.63. The van der Waals surface area contributed by atoms with Crippen molar-refractivity contribution in [2.45, 2.75) is 69.6 Å². The molecule has 0 radical (unpaired) electrons. The highest BCUT2D eigenvalue weighted by Crippen LogP contribution is 2.74. The third-order valence-corrected chi connectivity index (χ3v) is 7.10. The number of carboxylic acid groups (broad SMARTS) is 1. The molecule has 0 aromatic carbocycles. The Kier molecular flexibility index (Phi) is 2.71. The van der Waals surface area contributed by atoms with E-state index in [1.54, 1.807) is 6.92 Å². The quantitative estimate of drug-likeness (QED) is 0.576. The number of alkyl halides is 1. The number of ether oxygens (including phenoxy) is 1. The van der Waals surface area contributed by atoms with Gasteiger partial charge in [-0.15, -0.1) is 11.6 Å². The average molecular weight is 303 g/mol. The summed E-state index contributed by atoms with van der Waals surface area (Å²) in [4.78, 5) is 11.8. The molecule has 2 aliphatic carbocycles. The SMILES string of the molecule is CC1(C)[C@H](Cl)CC[C@@]2(C)[C@H](C(=O)O)[C@](C)(O)C[C@H]3O[C@@]312. The lowest BCUT2D eigenvalue weighted by atomic mass is 9.45. The van der Waals surface area contributed by atoms with Crippen LogP contribution < -0.4 is 0 Å². The number of aliphatic hydroxyl groups is 1. The van der Waals surface area contributed by atoms with Crippen molar-refractivity contribution in [3.05, 3.63) is 0 Å². The number of carboxylic acids is 1. The standard InChI is InChI=1S/C15H23ClO4/c1-12(2)8(16)5-6-13(3)10(11(17)18)14(4,19)7-9-15(12,13)20-9/h8-10,19H,5-7H2,1-4H3,(H,17,18)/t8-,9-,10+,13+,14-,15+/m1/s1. The Hall–Kier alpha value is -0.320. The van der Waals surface area contributed by atoms with E-state index in [1.165, 1.54) is 0 Å². The van der Waals surface area contributed by atoms with E-state index in [0.717, 1.165) is 6.42 Å². The molecular weight excluding hydrogens is 280 g/mol. The Balaban J connectivity index is 2.14. The molecule has 1 saturated heterocycles. The van der Waals surface area contributed by atoms with Gasteiger partial charge in [-0.1, -0.05) is 20.8 Å². The van der Waals surface area contributed by atoms with Crippen LogP contribution in [-0.4, -0.2) is 38.9 Å². The molecule has 0 amide bonds. The van der Waals surface area contributed by atoms with Crippen molar-refractivity contribution in [2.75, 3.05) is 0 Å². The van der Waals surface area contributed by atoms with Crippen LogP contribution in [0.4, 0.5) is 0 Å². The molecule has 3 fully saturated rings. The minimum absolute atomic E-state index is 0.0296. The van der Waals surface area contributed by atoms with Crippen LogP contribution in [0.1, 0.15) is 47.0 Å². The van der Waals surface area contributed by atoms with Gasteiger partial charge in [0.05, 0.1) is 17.6 Å². The van der Waals surface area contributed by atoms with E-state index in [9.17, 15) is 15.0 Å². The maximum atomic E-state index is 11.8. The molecule has 4 nitrogen and oxygen atoms in total. The molecule has 1 heterocycles. The highest BCUT2D eigenvalue weighted by molar-refractivity contribution is 6.21. The zero-order valence-electron chi connectivity index (χ0n) is 12.4. The van der Waals surface area contributed by atoms with Crippen molar-refractivity contribution >= 4 is 17.6 Å². The van der Waals surface area contributed by atoms with Crippen molar-refractivity contribution in [1.82, 2.24) is 0 Å². The summed E-state index contributed by atoms with van der Waals surface area (Å²) in [5.74, 6) is -1.76. The van der Waals surface area contributed by atoms with E-state index >= 15 is 0 Å². The molecule has 3 rings (SSSR count). The van der Waals surface area contributed by atoms with Crippen molar-refractivity contribution in [3.63, 3.8) is 0 Å². The predicted octanol–water partition coefficient (Wildman–Crippen LogP) is 2.41. The lowest BCUT2D eigenvalue weighted by Gasteiger charge is -2.58. The maximum Gasteiger partial charge on any atom is 0.310 e. The summed E-state index contributed by atoms with van der Waals surface area (Å²) < 4.78 is 6.07. The summed E-state index contributed by atoms with van der Waals surface area (Å²) in [7, 11) is 0. The van der Waals surface area contributed by atoms with Gasteiger partial charge >= 0.3 is 5.97 Å². The fourth-order valence-corrected chi connectivity index (χ4v) is 5.73. The average Bonchev–Trinajstić information content (AvgIpc) is 2.98. The fraction of sp³-hybridized carbons (Fsp3) is 0.933. The molecule has 5 heteroatoms. The number of rotatable bonds is 1. The van der Waals surface area contributed by atoms with Gasteiger partial charge in [-0.2, -0.15) is 0 Å². The number of epoxide rings is 1. The van der Waals surface area contributed by atoms with Crippen LogP contribution in [-0.2, 0) is 9.53 Å². The van der Waals surface area contributed by atoms with Crippen LogP contribution in [0.15, 0.2) is 0 Å². The van der Waals surface area contributed by atoms with Crippen molar-refractivity contribution < 1.29 is 19.7 Å². The maximum absolute atomic E-state index is 11.8. The molecule has 2 saturated carbocycles. The molecule has 6 atom stereocenters. The Morgan fingerprint density at radius 1 is 1.30 bits per heavy atom. The van der Waals surface area contributed by atoms with Gasteiger partial charge in [0.25, 0.3) is 0 Å². The third-order valence-electron chi connectivity index (χ3n) is 6.33. The molecule has 0 aromatic heterocycles. The Morgan fingerprint density at radius 3 is 2.45 bits per heavy atom. The molecule has 0 unspecified atom stereocenters. The molecule has 1 spiro atoms. The second kappa shape index (κ2) is 3.71. The third kappa shape index (κ3) is 1.38. The van der Waals surface area contributed by atoms with Crippen LogP contribution in [0.3, 0.4) is 0 Å². The van der Waals surface area contributed by atoms with Crippen molar-refractivity contribution in [1.29, 1.82) is 0 Å². The number of hydrogen-bond acceptors (Lipinski definition) is 3. The van der Waals surface area contributed by atoms with Gasteiger partial charge in [0, 0.05) is 22.6 Å². The molecule has 114 valence electrons.